The Morgan fingerprint density at radius 1 is 0.846 bits per heavy atom. The molecular formula is C20H18N4O2. The van der Waals surface area contributed by atoms with Gasteiger partial charge in [-0.2, -0.15) is 0 Å². The Morgan fingerprint density at radius 3 is 2.23 bits per heavy atom. The predicted octanol–water partition coefficient (Wildman–Crippen LogP) is 2.49. The van der Waals surface area contributed by atoms with E-state index in [0.29, 0.717) is 28.1 Å². The molecule has 0 unspecified atom stereocenters. The summed E-state index contributed by atoms with van der Waals surface area (Å²) < 4.78 is 4.74. The molecule has 0 N–H and O–H groups in total. The van der Waals surface area contributed by atoms with Crippen LogP contribution in [0.3, 0.4) is 0 Å². The highest BCUT2D eigenvalue weighted by atomic mass is 16.1. The van der Waals surface area contributed by atoms with E-state index in [2.05, 4.69) is 4.98 Å². The lowest BCUT2D eigenvalue weighted by Crippen LogP contribution is -2.28. The monoisotopic (exact) mass is 346 g/mol. The molecule has 4 aromatic rings. The van der Waals surface area contributed by atoms with Crippen molar-refractivity contribution < 1.29 is 0 Å². The molecule has 2 aromatic heterocycles. The highest BCUT2D eigenvalue weighted by Crippen LogP contribution is 2.15. The summed E-state index contributed by atoms with van der Waals surface area (Å²) in [6, 6.07) is 16.5. The number of fused-ring (bicyclic) bond motifs is 1. The first kappa shape index (κ1) is 16.1. The minimum absolute atomic E-state index is 0.237. The van der Waals surface area contributed by atoms with Gasteiger partial charge in [-0.3, -0.25) is 18.8 Å². The van der Waals surface area contributed by atoms with Gasteiger partial charge >= 0.3 is 0 Å². The quantitative estimate of drug-likeness (QED) is 0.560. The fourth-order valence-corrected chi connectivity index (χ4v) is 3.32. The summed E-state index contributed by atoms with van der Waals surface area (Å²) in [5, 5.41) is 0.493. The van der Waals surface area contributed by atoms with E-state index in [-0.39, 0.29) is 11.1 Å². The molecule has 0 saturated heterocycles. The standard InChI is InChI=1S/C20H18N4O2/c1-13-18(20(26)24(22(13)3)15-9-5-4-6-10-15)23-14(2)21-17-12-8-7-11-16(17)19(23)25/h4-12H,1-3H3. The molecule has 0 atom stereocenters. The van der Waals surface area contributed by atoms with Crippen LogP contribution in [0.1, 0.15) is 11.5 Å². The molecule has 2 aromatic carbocycles. The van der Waals surface area contributed by atoms with Crippen LogP contribution >= 0.6 is 0 Å². The zero-order valence-corrected chi connectivity index (χ0v) is 14.8. The number of hydrogen-bond donors (Lipinski definition) is 0. The van der Waals surface area contributed by atoms with Crippen molar-refractivity contribution in [2.24, 2.45) is 7.05 Å². The largest absolute Gasteiger partial charge is 0.296 e. The first-order chi connectivity index (χ1) is 12.5. The van der Waals surface area contributed by atoms with Crippen molar-refractivity contribution in [3.8, 4) is 11.4 Å². The van der Waals surface area contributed by atoms with Crippen molar-refractivity contribution in [2.45, 2.75) is 13.8 Å². The molecule has 130 valence electrons. The molecule has 6 heteroatoms. The third kappa shape index (κ3) is 2.23. The van der Waals surface area contributed by atoms with Gasteiger partial charge in [-0.1, -0.05) is 30.3 Å². The second-order valence-corrected chi connectivity index (χ2v) is 6.23. The van der Waals surface area contributed by atoms with Gasteiger partial charge in [0.1, 0.15) is 11.5 Å². The molecule has 0 bridgehead atoms. The molecule has 0 aliphatic heterocycles. The van der Waals surface area contributed by atoms with E-state index in [1.54, 1.807) is 34.5 Å². The fourth-order valence-electron chi connectivity index (χ4n) is 3.32. The van der Waals surface area contributed by atoms with Crippen molar-refractivity contribution in [1.82, 2.24) is 18.9 Å². The third-order valence-electron chi connectivity index (χ3n) is 4.69. The van der Waals surface area contributed by atoms with E-state index in [0.717, 1.165) is 5.69 Å². The maximum Gasteiger partial charge on any atom is 0.296 e. The van der Waals surface area contributed by atoms with Gasteiger partial charge < -0.3 is 0 Å². The fraction of sp³-hybridized carbons (Fsp3) is 0.150. The van der Waals surface area contributed by atoms with Crippen LogP contribution < -0.4 is 11.1 Å². The van der Waals surface area contributed by atoms with Gasteiger partial charge in [0.05, 0.1) is 22.3 Å². The summed E-state index contributed by atoms with van der Waals surface area (Å²) in [5.74, 6) is 0.486. The number of hydrogen-bond acceptors (Lipinski definition) is 3. The van der Waals surface area contributed by atoms with Gasteiger partial charge in [-0.05, 0) is 38.1 Å². The normalized spacial score (nSPS) is 11.2. The smallest absolute Gasteiger partial charge is 0.283 e. The van der Waals surface area contributed by atoms with Gasteiger partial charge in [0.25, 0.3) is 11.1 Å². The van der Waals surface area contributed by atoms with Crippen LogP contribution in [-0.4, -0.2) is 18.9 Å². The second-order valence-electron chi connectivity index (χ2n) is 6.23. The zero-order chi connectivity index (χ0) is 18.4. The molecule has 0 spiro atoms. The number of nitrogens with zero attached hydrogens (tertiary/aromatic N) is 4. The highest BCUT2D eigenvalue weighted by molar-refractivity contribution is 5.77. The van der Waals surface area contributed by atoms with E-state index >= 15 is 0 Å². The molecular weight excluding hydrogens is 328 g/mol. The Labute approximate surface area is 149 Å². The molecule has 2 heterocycles. The number of benzene rings is 2. The molecule has 0 fully saturated rings. The minimum atomic E-state index is -0.251. The van der Waals surface area contributed by atoms with Crippen LogP contribution in [0, 0.1) is 13.8 Å². The lowest BCUT2D eigenvalue weighted by molar-refractivity contribution is 0.630. The topological polar surface area (TPSA) is 61.8 Å². The average Bonchev–Trinajstić information content (AvgIpc) is 2.86. The van der Waals surface area contributed by atoms with E-state index in [4.69, 9.17) is 0 Å². The van der Waals surface area contributed by atoms with Crippen molar-refractivity contribution in [2.75, 3.05) is 0 Å². The molecule has 0 saturated carbocycles. The van der Waals surface area contributed by atoms with Crippen molar-refractivity contribution in [1.29, 1.82) is 0 Å². The summed E-state index contributed by atoms with van der Waals surface area (Å²) in [4.78, 5) is 30.8. The Balaban J connectivity index is 2.09. The van der Waals surface area contributed by atoms with Gasteiger partial charge in [0.2, 0.25) is 0 Å². The van der Waals surface area contributed by atoms with E-state index < -0.39 is 0 Å². The average molecular weight is 346 g/mol. The summed E-state index contributed by atoms with van der Waals surface area (Å²) in [6.07, 6.45) is 0. The summed E-state index contributed by atoms with van der Waals surface area (Å²) in [5.41, 5.74) is 1.91. The van der Waals surface area contributed by atoms with Crippen LogP contribution in [0.15, 0.2) is 64.2 Å². The van der Waals surface area contributed by atoms with Crippen LogP contribution in [0.25, 0.3) is 22.3 Å². The number of rotatable bonds is 2. The van der Waals surface area contributed by atoms with E-state index in [1.165, 1.54) is 4.57 Å². The molecule has 0 amide bonds. The molecule has 0 radical (unpaired) electrons. The van der Waals surface area contributed by atoms with E-state index in [9.17, 15) is 9.59 Å². The lowest BCUT2D eigenvalue weighted by atomic mass is 10.2. The van der Waals surface area contributed by atoms with Crippen LogP contribution in [-0.2, 0) is 7.05 Å². The maximum absolute atomic E-state index is 13.2. The summed E-state index contributed by atoms with van der Waals surface area (Å²) in [6.45, 7) is 3.57. The van der Waals surface area contributed by atoms with Crippen LogP contribution in [0.2, 0.25) is 0 Å². The summed E-state index contributed by atoms with van der Waals surface area (Å²) >= 11 is 0. The van der Waals surface area contributed by atoms with Crippen LogP contribution in [0.4, 0.5) is 0 Å². The maximum atomic E-state index is 13.2. The Bertz CT molecular complexity index is 1250. The van der Waals surface area contributed by atoms with Crippen LogP contribution in [0.5, 0.6) is 0 Å². The van der Waals surface area contributed by atoms with Gasteiger partial charge in [-0.25, -0.2) is 9.67 Å². The van der Waals surface area contributed by atoms with Gasteiger partial charge in [0, 0.05) is 7.05 Å². The molecule has 0 aliphatic rings. The minimum Gasteiger partial charge on any atom is -0.283 e. The molecule has 0 aliphatic carbocycles. The molecule has 4 rings (SSSR count). The molecule has 6 nitrogen and oxygen atoms in total. The number of aromatic nitrogens is 4. The highest BCUT2D eigenvalue weighted by Gasteiger charge is 2.21. The summed E-state index contributed by atoms with van der Waals surface area (Å²) in [7, 11) is 1.81. The van der Waals surface area contributed by atoms with Gasteiger partial charge in [0.15, 0.2) is 0 Å². The number of para-hydroxylation sites is 2. The molecule has 26 heavy (non-hydrogen) atoms. The number of aryl methyl sites for hydroxylation is 1. The van der Waals surface area contributed by atoms with Crippen molar-refractivity contribution in [3.63, 3.8) is 0 Å². The van der Waals surface area contributed by atoms with Crippen molar-refractivity contribution >= 4 is 10.9 Å². The zero-order valence-electron chi connectivity index (χ0n) is 14.8. The SMILES string of the molecule is Cc1nc2ccccc2c(=O)n1-c1c(C)n(C)n(-c2ccccc2)c1=O. The van der Waals surface area contributed by atoms with E-state index in [1.807, 2.05) is 50.4 Å². The van der Waals surface area contributed by atoms with Gasteiger partial charge in [-0.15, -0.1) is 0 Å². The first-order valence-corrected chi connectivity index (χ1v) is 8.33. The predicted molar refractivity (Wildman–Crippen MR) is 101 cm³/mol. The lowest BCUT2D eigenvalue weighted by Gasteiger charge is -2.09. The Kier molecular flexibility index (Phi) is 3.61. The third-order valence-corrected chi connectivity index (χ3v) is 4.69. The second kappa shape index (κ2) is 5.84. The Morgan fingerprint density at radius 2 is 1.50 bits per heavy atom. The Hall–Kier alpha value is -3.41. The van der Waals surface area contributed by atoms with Crippen molar-refractivity contribution in [3.05, 3.63) is 86.8 Å². The first-order valence-electron chi connectivity index (χ1n) is 8.33.